The fourth-order valence-electron chi connectivity index (χ4n) is 3.71. The van der Waals surface area contributed by atoms with Crippen molar-refractivity contribution in [3.8, 4) is 6.07 Å². The molecule has 0 aliphatic heterocycles. The Balaban J connectivity index is 1.68. The molecular weight excluding hydrogens is 535 g/mol. The fraction of sp³-hybridized carbons (Fsp3) is 0.115. The Hall–Kier alpha value is -3.90. The summed E-state index contributed by atoms with van der Waals surface area (Å²) in [7, 11) is 0. The van der Waals surface area contributed by atoms with Gasteiger partial charge in [0.2, 0.25) is 11.6 Å². The third-order valence-corrected chi connectivity index (χ3v) is 6.67. The lowest BCUT2D eigenvalue weighted by Gasteiger charge is -2.17. The van der Waals surface area contributed by atoms with Gasteiger partial charge in [0.15, 0.2) is 0 Å². The smallest absolute Gasteiger partial charge is 0.334 e. The van der Waals surface area contributed by atoms with Crippen molar-refractivity contribution in [3.05, 3.63) is 108 Å². The SMILES string of the molecule is Cc1ccc(Nc2ncnc(Nc3cc(Cl)c(C(C#N)c4ccc(Cl)cc4)cc3C)c2[N+](=O)[O-])cc1Cl. The zero-order chi connectivity index (χ0) is 26.7. The van der Waals surface area contributed by atoms with Gasteiger partial charge >= 0.3 is 5.69 Å². The molecule has 37 heavy (non-hydrogen) atoms. The number of rotatable bonds is 7. The fourth-order valence-corrected chi connectivity index (χ4v) is 4.29. The number of nitrogens with one attached hydrogen (secondary N) is 2. The van der Waals surface area contributed by atoms with E-state index in [1.165, 1.54) is 6.33 Å². The van der Waals surface area contributed by atoms with Crippen LogP contribution in [0.25, 0.3) is 0 Å². The summed E-state index contributed by atoms with van der Waals surface area (Å²) in [5.74, 6) is -0.653. The van der Waals surface area contributed by atoms with E-state index in [4.69, 9.17) is 34.8 Å². The molecule has 11 heteroatoms. The molecule has 2 N–H and O–H groups in total. The van der Waals surface area contributed by atoms with Gasteiger partial charge in [-0.3, -0.25) is 10.1 Å². The third-order valence-electron chi connectivity index (χ3n) is 5.68. The highest BCUT2D eigenvalue weighted by Gasteiger charge is 2.25. The predicted molar refractivity (Wildman–Crippen MR) is 147 cm³/mol. The number of nitrogens with zero attached hydrogens (tertiary/aromatic N) is 4. The molecule has 4 aromatic rings. The van der Waals surface area contributed by atoms with Crippen LogP contribution in [0.15, 0.2) is 60.9 Å². The first-order chi connectivity index (χ1) is 17.7. The first kappa shape index (κ1) is 26.2. The van der Waals surface area contributed by atoms with E-state index < -0.39 is 10.8 Å². The van der Waals surface area contributed by atoms with E-state index in [0.29, 0.717) is 37.6 Å². The Morgan fingerprint density at radius 1 is 0.919 bits per heavy atom. The van der Waals surface area contributed by atoms with Crippen LogP contribution in [0.4, 0.5) is 28.7 Å². The molecule has 0 saturated heterocycles. The first-order valence-electron chi connectivity index (χ1n) is 10.9. The molecule has 186 valence electrons. The highest BCUT2D eigenvalue weighted by molar-refractivity contribution is 6.32. The number of benzene rings is 3. The second-order valence-corrected chi connectivity index (χ2v) is 9.44. The Morgan fingerprint density at radius 2 is 1.59 bits per heavy atom. The summed E-state index contributed by atoms with van der Waals surface area (Å²) in [4.78, 5) is 19.6. The summed E-state index contributed by atoms with van der Waals surface area (Å²) in [6.45, 7) is 3.66. The number of aryl methyl sites for hydroxylation is 2. The maximum Gasteiger partial charge on any atom is 0.353 e. The number of nitriles is 1. The summed E-state index contributed by atoms with van der Waals surface area (Å²) in [5.41, 5.74) is 3.61. The summed E-state index contributed by atoms with van der Waals surface area (Å²) in [6, 6.07) is 17.8. The second kappa shape index (κ2) is 11.0. The van der Waals surface area contributed by atoms with E-state index in [-0.39, 0.29) is 17.3 Å². The van der Waals surface area contributed by atoms with Gasteiger partial charge in [-0.2, -0.15) is 5.26 Å². The van der Waals surface area contributed by atoms with E-state index in [0.717, 1.165) is 11.1 Å². The minimum Gasteiger partial charge on any atom is -0.334 e. The second-order valence-electron chi connectivity index (χ2n) is 8.19. The maximum atomic E-state index is 12.0. The summed E-state index contributed by atoms with van der Waals surface area (Å²) in [5, 5.41) is 29.2. The molecule has 0 radical (unpaired) electrons. The molecule has 0 amide bonds. The van der Waals surface area contributed by atoms with Crippen molar-refractivity contribution < 1.29 is 4.92 Å². The van der Waals surface area contributed by atoms with Gasteiger partial charge in [0.05, 0.1) is 16.9 Å². The van der Waals surface area contributed by atoms with Crippen LogP contribution in [0.3, 0.4) is 0 Å². The van der Waals surface area contributed by atoms with E-state index in [9.17, 15) is 15.4 Å². The largest absolute Gasteiger partial charge is 0.353 e. The van der Waals surface area contributed by atoms with Crippen molar-refractivity contribution >= 4 is 63.5 Å². The van der Waals surface area contributed by atoms with Crippen molar-refractivity contribution in [1.82, 2.24) is 9.97 Å². The monoisotopic (exact) mass is 552 g/mol. The zero-order valence-corrected chi connectivity index (χ0v) is 21.9. The van der Waals surface area contributed by atoms with E-state index in [1.54, 1.807) is 61.5 Å². The molecule has 4 rings (SSSR count). The molecule has 1 atom stereocenters. The van der Waals surface area contributed by atoms with Gasteiger partial charge in [0, 0.05) is 26.4 Å². The van der Waals surface area contributed by atoms with Crippen LogP contribution in [0.1, 0.15) is 28.2 Å². The number of nitro groups is 1. The Morgan fingerprint density at radius 3 is 2.22 bits per heavy atom. The molecule has 3 aromatic carbocycles. The van der Waals surface area contributed by atoms with Crippen LogP contribution >= 0.6 is 34.8 Å². The highest BCUT2D eigenvalue weighted by Crippen LogP contribution is 2.38. The average molecular weight is 554 g/mol. The van der Waals surface area contributed by atoms with Crippen molar-refractivity contribution in [1.29, 1.82) is 5.26 Å². The van der Waals surface area contributed by atoms with E-state index in [2.05, 4.69) is 26.7 Å². The zero-order valence-electron chi connectivity index (χ0n) is 19.6. The van der Waals surface area contributed by atoms with Gasteiger partial charge in [-0.05, 0) is 66.4 Å². The number of hydrogen-bond acceptors (Lipinski definition) is 7. The van der Waals surface area contributed by atoms with Crippen molar-refractivity contribution in [3.63, 3.8) is 0 Å². The van der Waals surface area contributed by atoms with Gasteiger partial charge < -0.3 is 10.6 Å². The number of anilines is 4. The minimum absolute atomic E-state index is 0.00456. The topological polar surface area (TPSA) is 117 Å². The third kappa shape index (κ3) is 5.75. The molecule has 8 nitrogen and oxygen atoms in total. The Labute approximate surface area is 228 Å². The quantitative estimate of drug-likeness (QED) is 0.175. The van der Waals surface area contributed by atoms with E-state index >= 15 is 0 Å². The molecule has 0 saturated carbocycles. The lowest BCUT2D eigenvalue weighted by atomic mass is 9.91. The van der Waals surface area contributed by atoms with Crippen LogP contribution in [-0.2, 0) is 0 Å². The number of hydrogen-bond donors (Lipinski definition) is 2. The van der Waals surface area contributed by atoms with Crippen LogP contribution in [0.2, 0.25) is 15.1 Å². The molecule has 0 bridgehead atoms. The Kier molecular flexibility index (Phi) is 7.79. The van der Waals surface area contributed by atoms with Gasteiger partial charge in [0.1, 0.15) is 6.33 Å². The van der Waals surface area contributed by atoms with Gasteiger partial charge in [-0.25, -0.2) is 9.97 Å². The van der Waals surface area contributed by atoms with E-state index in [1.807, 2.05) is 6.92 Å². The average Bonchev–Trinajstić information content (AvgIpc) is 2.86. The molecule has 1 unspecified atom stereocenters. The standard InChI is InChI=1S/C26H19Cl3N6O2/c1-14-3-8-18(10-21(14)28)33-25-24(35(36)37)26(32-13-31-25)34-23-11-22(29)19(9-15(23)2)20(12-30)16-4-6-17(27)7-5-16/h3-11,13,20H,1-2H3,(H2,31,32,33,34). The van der Waals surface area contributed by atoms with Crippen molar-refractivity contribution in [2.75, 3.05) is 10.6 Å². The van der Waals surface area contributed by atoms with Crippen LogP contribution in [0.5, 0.6) is 0 Å². The minimum atomic E-state index is -0.622. The molecule has 0 fully saturated rings. The molecular formula is C26H19Cl3N6O2. The molecule has 1 aromatic heterocycles. The van der Waals surface area contributed by atoms with Crippen molar-refractivity contribution in [2.45, 2.75) is 19.8 Å². The summed E-state index contributed by atoms with van der Waals surface area (Å²) < 4.78 is 0. The Bertz CT molecular complexity index is 1540. The highest BCUT2D eigenvalue weighted by atomic mass is 35.5. The number of aromatic nitrogens is 2. The summed E-state index contributed by atoms with van der Waals surface area (Å²) >= 11 is 18.7. The maximum absolute atomic E-state index is 12.0. The normalized spacial score (nSPS) is 11.5. The van der Waals surface area contributed by atoms with Crippen molar-refractivity contribution in [2.24, 2.45) is 0 Å². The first-order valence-corrected chi connectivity index (χ1v) is 12.1. The number of halogens is 3. The lowest BCUT2D eigenvalue weighted by molar-refractivity contribution is -0.383. The molecule has 0 aliphatic rings. The predicted octanol–water partition coefficient (Wildman–Crippen LogP) is 8.10. The van der Waals surface area contributed by atoms with Crippen LogP contribution < -0.4 is 10.6 Å². The van der Waals surface area contributed by atoms with Crippen LogP contribution in [-0.4, -0.2) is 14.9 Å². The molecule has 0 aliphatic carbocycles. The lowest BCUT2D eigenvalue weighted by Crippen LogP contribution is -2.07. The van der Waals surface area contributed by atoms with Gasteiger partial charge in [0.25, 0.3) is 0 Å². The van der Waals surface area contributed by atoms with Gasteiger partial charge in [-0.15, -0.1) is 0 Å². The van der Waals surface area contributed by atoms with Gasteiger partial charge in [-0.1, -0.05) is 59.1 Å². The van der Waals surface area contributed by atoms with Crippen LogP contribution in [0, 0.1) is 35.3 Å². The summed E-state index contributed by atoms with van der Waals surface area (Å²) in [6.07, 6.45) is 1.21. The molecule has 0 spiro atoms. The molecule has 1 heterocycles.